The summed E-state index contributed by atoms with van der Waals surface area (Å²) >= 11 is 0. The van der Waals surface area contributed by atoms with E-state index in [-0.39, 0.29) is 12.0 Å². The molecule has 0 aromatic carbocycles. The zero-order valence-electron chi connectivity index (χ0n) is 8.96. The zero-order chi connectivity index (χ0) is 11.5. The van der Waals surface area contributed by atoms with Crippen LogP contribution in [0, 0.1) is 22.7 Å². The molecule has 0 aromatic rings. The number of rotatable bonds is 3. The Kier molecular flexibility index (Phi) is 3.30. The van der Waals surface area contributed by atoms with Crippen LogP contribution in [0.5, 0.6) is 0 Å². The molecule has 1 aliphatic rings. The topological polar surface area (TPSA) is 82.0 Å². The molecular weight excluding hydrogens is 194 g/mol. The largest absolute Gasteiger partial charge is 0.348 e. The molecule has 0 aliphatic heterocycles. The van der Waals surface area contributed by atoms with Crippen LogP contribution in [0.1, 0.15) is 20.3 Å². The van der Waals surface area contributed by atoms with E-state index < -0.39 is 11.8 Å². The molecule has 2 amide bonds. The summed E-state index contributed by atoms with van der Waals surface area (Å²) in [4.78, 5) is 22.2. The Balaban J connectivity index is 2.19. The summed E-state index contributed by atoms with van der Waals surface area (Å²) in [6.45, 7) is 4.64. The van der Waals surface area contributed by atoms with Gasteiger partial charge in [0.25, 0.3) is 0 Å². The minimum Gasteiger partial charge on any atom is -0.348 e. The summed E-state index contributed by atoms with van der Waals surface area (Å²) < 4.78 is 0. The summed E-state index contributed by atoms with van der Waals surface area (Å²) in [5.74, 6) is -0.937. The molecule has 15 heavy (non-hydrogen) atoms. The standard InChI is InChI=1S/C10H15N3O2/c1-10(2)5-7(10)6-13-9(15)8(14)12-4-3-11/h7H,4-6H2,1-2H3,(H,12,14)(H,13,15). The number of nitriles is 1. The third-order valence-corrected chi connectivity index (χ3v) is 2.76. The molecule has 1 saturated carbocycles. The molecular formula is C10H15N3O2. The molecule has 82 valence electrons. The van der Waals surface area contributed by atoms with Crippen LogP contribution in [0.3, 0.4) is 0 Å². The number of amides is 2. The van der Waals surface area contributed by atoms with Gasteiger partial charge in [0, 0.05) is 6.54 Å². The second kappa shape index (κ2) is 4.30. The highest BCUT2D eigenvalue weighted by Crippen LogP contribution is 2.50. The third-order valence-electron chi connectivity index (χ3n) is 2.76. The van der Waals surface area contributed by atoms with E-state index in [1.165, 1.54) is 0 Å². The molecule has 0 heterocycles. The molecule has 0 bridgehead atoms. The molecule has 5 nitrogen and oxygen atoms in total. The van der Waals surface area contributed by atoms with E-state index in [4.69, 9.17) is 5.26 Å². The van der Waals surface area contributed by atoms with Gasteiger partial charge in [-0.05, 0) is 17.8 Å². The van der Waals surface area contributed by atoms with Gasteiger partial charge >= 0.3 is 11.8 Å². The summed E-state index contributed by atoms with van der Waals surface area (Å²) in [6.07, 6.45) is 1.08. The van der Waals surface area contributed by atoms with E-state index in [0.29, 0.717) is 12.5 Å². The van der Waals surface area contributed by atoms with Crippen LogP contribution >= 0.6 is 0 Å². The number of nitrogens with zero attached hydrogens (tertiary/aromatic N) is 1. The van der Waals surface area contributed by atoms with Gasteiger partial charge in [-0.3, -0.25) is 9.59 Å². The van der Waals surface area contributed by atoms with Crippen molar-refractivity contribution in [3.63, 3.8) is 0 Å². The molecule has 0 saturated heterocycles. The van der Waals surface area contributed by atoms with Crippen LogP contribution in [0.25, 0.3) is 0 Å². The predicted molar refractivity (Wildman–Crippen MR) is 53.5 cm³/mol. The number of carbonyl (C=O) groups excluding carboxylic acids is 2. The van der Waals surface area contributed by atoms with Gasteiger partial charge in [0.15, 0.2) is 0 Å². The first-order chi connectivity index (χ1) is 6.97. The van der Waals surface area contributed by atoms with Crippen molar-refractivity contribution in [2.45, 2.75) is 20.3 Å². The summed E-state index contributed by atoms with van der Waals surface area (Å²) in [6, 6.07) is 1.73. The second-order valence-corrected chi connectivity index (χ2v) is 4.44. The average molecular weight is 209 g/mol. The Bertz CT molecular complexity index is 317. The molecule has 1 fully saturated rings. The first-order valence-corrected chi connectivity index (χ1v) is 4.90. The smallest absolute Gasteiger partial charge is 0.310 e. The normalized spacial score (nSPS) is 21.3. The maximum Gasteiger partial charge on any atom is 0.310 e. The Morgan fingerprint density at radius 2 is 1.93 bits per heavy atom. The average Bonchev–Trinajstić information content (AvgIpc) is 2.79. The fourth-order valence-corrected chi connectivity index (χ4v) is 1.42. The second-order valence-electron chi connectivity index (χ2n) is 4.44. The molecule has 1 atom stereocenters. The molecule has 1 rings (SSSR count). The van der Waals surface area contributed by atoms with Crippen LogP contribution in [-0.2, 0) is 9.59 Å². The molecule has 1 unspecified atom stereocenters. The summed E-state index contributed by atoms with van der Waals surface area (Å²) in [7, 11) is 0. The van der Waals surface area contributed by atoms with Crippen molar-refractivity contribution in [2.75, 3.05) is 13.1 Å². The minimum absolute atomic E-state index is 0.138. The van der Waals surface area contributed by atoms with Gasteiger partial charge in [-0.25, -0.2) is 0 Å². The molecule has 1 aliphatic carbocycles. The van der Waals surface area contributed by atoms with Crippen LogP contribution < -0.4 is 10.6 Å². The van der Waals surface area contributed by atoms with Crippen molar-refractivity contribution in [3.05, 3.63) is 0 Å². The lowest BCUT2D eigenvalue weighted by molar-refractivity contribution is -0.139. The Morgan fingerprint density at radius 3 is 2.40 bits per heavy atom. The lowest BCUT2D eigenvalue weighted by Crippen LogP contribution is -2.41. The maximum atomic E-state index is 11.2. The van der Waals surface area contributed by atoms with Crippen molar-refractivity contribution < 1.29 is 9.59 Å². The van der Waals surface area contributed by atoms with Crippen molar-refractivity contribution in [1.82, 2.24) is 10.6 Å². The molecule has 5 heteroatoms. The van der Waals surface area contributed by atoms with Crippen LogP contribution in [0.4, 0.5) is 0 Å². The van der Waals surface area contributed by atoms with Gasteiger partial charge in [-0.1, -0.05) is 13.8 Å². The third kappa shape index (κ3) is 3.24. The summed E-state index contributed by atoms with van der Waals surface area (Å²) in [5, 5.41) is 12.9. The Hall–Kier alpha value is -1.57. The van der Waals surface area contributed by atoms with Crippen LogP contribution in [0.2, 0.25) is 0 Å². The van der Waals surface area contributed by atoms with Gasteiger partial charge < -0.3 is 10.6 Å². The first-order valence-electron chi connectivity index (χ1n) is 4.90. The van der Waals surface area contributed by atoms with E-state index in [9.17, 15) is 9.59 Å². The van der Waals surface area contributed by atoms with Gasteiger partial charge in [-0.2, -0.15) is 5.26 Å². The molecule has 0 radical (unpaired) electrons. The van der Waals surface area contributed by atoms with Gasteiger partial charge in [0.1, 0.15) is 6.54 Å². The first kappa shape index (κ1) is 11.5. The van der Waals surface area contributed by atoms with Crippen molar-refractivity contribution in [3.8, 4) is 6.07 Å². The van der Waals surface area contributed by atoms with Crippen LogP contribution in [-0.4, -0.2) is 24.9 Å². The van der Waals surface area contributed by atoms with Crippen LogP contribution in [0.15, 0.2) is 0 Å². The maximum absolute atomic E-state index is 11.2. The summed E-state index contributed by atoms with van der Waals surface area (Å²) in [5.41, 5.74) is 0.288. The molecule has 0 aromatic heterocycles. The van der Waals surface area contributed by atoms with E-state index in [1.54, 1.807) is 6.07 Å². The van der Waals surface area contributed by atoms with Crippen molar-refractivity contribution >= 4 is 11.8 Å². The highest BCUT2D eigenvalue weighted by Gasteiger charge is 2.45. The number of carbonyl (C=O) groups is 2. The monoisotopic (exact) mass is 209 g/mol. The predicted octanol–water partition coefficient (Wildman–Crippen LogP) is -0.212. The van der Waals surface area contributed by atoms with Gasteiger partial charge in [0.2, 0.25) is 0 Å². The van der Waals surface area contributed by atoms with E-state index >= 15 is 0 Å². The van der Waals surface area contributed by atoms with E-state index in [0.717, 1.165) is 6.42 Å². The number of hydrogen-bond acceptors (Lipinski definition) is 3. The van der Waals surface area contributed by atoms with Crippen molar-refractivity contribution in [1.29, 1.82) is 5.26 Å². The van der Waals surface area contributed by atoms with Gasteiger partial charge in [0.05, 0.1) is 6.07 Å². The Labute approximate surface area is 88.8 Å². The quantitative estimate of drug-likeness (QED) is 0.498. The van der Waals surface area contributed by atoms with Gasteiger partial charge in [-0.15, -0.1) is 0 Å². The van der Waals surface area contributed by atoms with E-state index in [1.807, 2.05) is 0 Å². The lowest BCUT2D eigenvalue weighted by Gasteiger charge is -2.05. The molecule has 0 spiro atoms. The SMILES string of the molecule is CC1(C)CC1CNC(=O)C(=O)NCC#N. The fourth-order valence-electron chi connectivity index (χ4n) is 1.42. The lowest BCUT2D eigenvalue weighted by atomic mass is 10.1. The van der Waals surface area contributed by atoms with Crippen molar-refractivity contribution in [2.24, 2.45) is 11.3 Å². The highest BCUT2D eigenvalue weighted by atomic mass is 16.2. The fraction of sp³-hybridized carbons (Fsp3) is 0.700. The number of hydrogen-bond donors (Lipinski definition) is 2. The Morgan fingerprint density at radius 1 is 1.40 bits per heavy atom. The minimum atomic E-state index is -0.741. The van der Waals surface area contributed by atoms with E-state index in [2.05, 4.69) is 24.5 Å². The zero-order valence-corrected chi connectivity index (χ0v) is 8.96. The molecule has 2 N–H and O–H groups in total. The highest BCUT2D eigenvalue weighted by molar-refractivity contribution is 6.35. The number of nitrogens with one attached hydrogen (secondary N) is 2.